The van der Waals surface area contributed by atoms with Gasteiger partial charge in [-0.25, -0.2) is 4.98 Å². The molecule has 2 rings (SSSR count). The molecule has 17 heavy (non-hydrogen) atoms. The third kappa shape index (κ3) is 2.76. The van der Waals surface area contributed by atoms with E-state index < -0.39 is 0 Å². The summed E-state index contributed by atoms with van der Waals surface area (Å²) in [5, 5.41) is 1.16. The molecule has 2 nitrogen and oxygen atoms in total. The van der Waals surface area contributed by atoms with Crippen LogP contribution in [0.4, 0.5) is 5.82 Å². The van der Waals surface area contributed by atoms with Crippen molar-refractivity contribution in [1.82, 2.24) is 4.98 Å². The molecule has 0 aliphatic heterocycles. The van der Waals surface area contributed by atoms with Crippen LogP contribution in [0, 0.1) is 12.3 Å². The largest absolute Gasteiger partial charge is 0.383 e. The molecule has 0 saturated heterocycles. The molecule has 1 aromatic heterocycles. The molecule has 0 fully saturated rings. The Balaban J connectivity index is 2.47. The molecular formula is C15H20N2. The summed E-state index contributed by atoms with van der Waals surface area (Å²) in [6.45, 7) is 8.72. The number of rotatable bonds is 1. The van der Waals surface area contributed by atoms with Crippen LogP contribution in [0.25, 0.3) is 10.9 Å². The molecule has 0 amide bonds. The number of nitrogen functional groups attached to an aromatic ring is 1. The van der Waals surface area contributed by atoms with Gasteiger partial charge in [-0.2, -0.15) is 0 Å². The van der Waals surface area contributed by atoms with E-state index in [1.807, 2.05) is 6.92 Å². The minimum absolute atomic E-state index is 0.296. The van der Waals surface area contributed by atoms with Gasteiger partial charge in [-0.3, -0.25) is 0 Å². The van der Waals surface area contributed by atoms with Gasteiger partial charge >= 0.3 is 0 Å². The Morgan fingerprint density at radius 1 is 1.18 bits per heavy atom. The minimum atomic E-state index is 0.296. The van der Waals surface area contributed by atoms with Crippen LogP contribution >= 0.6 is 0 Å². The number of nitrogens with two attached hydrogens (primary N) is 1. The Hall–Kier alpha value is -1.57. The number of fused-ring (bicyclic) bond motifs is 1. The molecule has 0 saturated carbocycles. The summed E-state index contributed by atoms with van der Waals surface area (Å²) in [5.74, 6) is 0.630. The Morgan fingerprint density at radius 3 is 2.53 bits per heavy atom. The molecule has 2 heteroatoms. The number of aromatic nitrogens is 1. The van der Waals surface area contributed by atoms with E-state index in [2.05, 4.69) is 50.0 Å². The van der Waals surface area contributed by atoms with E-state index in [4.69, 9.17) is 5.73 Å². The zero-order chi connectivity index (χ0) is 12.6. The Bertz CT molecular complexity index is 551. The lowest BCUT2D eigenvalue weighted by atomic mass is 9.88. The van der Waals surface area contributed by atoms with Crippen molar-refractivity contribution in [3.63, 3.8) is 0 Å². The van der Waals surface area contributed by atoms with Crippen LogP contribution < -0.4 is 5.73 Å². The minimum Gasteiger partial charge on any atom is -0.383 e. The van der Waals surface area contributed by atoms with Gasteiger partial charge in [-0.15, -0.1) is 0 Å². The Morgan fingerprint density at radius 2 is 1.88 bits per heavy atom. The summed E-state index contributed by atoms with van der Waals surface area (Å²) >= 11 is 0. The molecule has 0 aliphatic rings. The maximum absolute atomic E-state index is 5.85. The van der Waals surface area contributed by atoms with E-state index in [0.717, 1.165) is 22.9 Å². The molecule has 2 N–H and O–H groups in total. The standard InChI is InChI=1S/C15H20N2/c1-10-7-12-6-5-11(9-15(2,3)4)8-13(12)17-14(10)16/h5-8H,9H2,1-4H3,(H2,16,17). The van der Waals surface area contributed by atoms with Gasteiger partial charge < -0.3 is 5.73 Å². The normalized spacial score (nSPS) is 12.0. The quantitative estimate of drug-likeness (QED) is 0.808. The molecule has 0 spiro atoms. The van der Waals surface area contributed by atoms with Crippen molar-refractivity contribution in [2.75, 3.05) is 5.73 Å². The first-order valence-corrected chi connectivity index (χ1v) is 6.01. The van der Waals surface area contributed by atoms with E-state index >= 15 is 0 Å². The average molecular weight is 228 g/mol. The van der Waals surface area contributed by atoms with E-state index in [1.54, 1.807) is 0 Å². The molecule has 1 heterocycles. The second-order valence-corrected chi connectivity index (χ2v) is 5.95. The van der Waals surface area contributed by atoms with Gasteiger partial charge in [0.15, 0.2) is 0 Å². The third-order valence-corrected chi connectivity index (χ3v) is 2.85. The van der Waals surface area contributed by atoms with Crippen molar-refractivity contribution in [3.05, 3.63) is 35.4 Å². The van der Waals surface area contributed by atoms with Crippen LogP contribution in [0.5, 0.6) is 0 Å². The molecule has 0 bridgehead atoms. The van der Waals surface area contributed by atoms with Crippen molar-refractivity contribution in [2.45, 2.75) is 34.1 Å². The third-order valence-electron chi connectivity index (χ3n) is 2.85. The van der Waals surface area contributed by atoms with Crippen molar-refractivity contribution in [3.8, 4) is 0 Å². The van der Waals surface area contributed by atoms with Crippen LogP contribution in [0.15, 0.2) is 24.3 Å². The van der Waals surface area contributed by atoms with Gasteiger partial charge in [0.05, 0.1) is 5.52 Å². The fraction of sp³-hybridized carbons (Fsp3) is 0.400. The van der Waals surface area contributed by atoms with Gasteiger partial charge in [0.25, 0.3) is 0 Å². The average Bonchev–Trinajstić information content (AvgIpc) is 2.18. The maximum Gasteiger partial charge on any atom is 0.127 e. The highest BCUT2D eigenvalue weighted by molar-refractivity contribution is 5.82. The first-order valence-electron chi connectivity index (χ1n) is 6.01. The molecule has 0 radical (unpaired) electrons. The van der Waals surface area contributed by atoms with Crippen LogP contribution in [0.3, 0.4) is 0 Å². The highest BCUT2D eigenvalue weighted by Gasteiger charge is 2.11. The molecule has 0 aliphatic carbocycles. The maximum atomic E-state index is 5.85. The number of benzene rings is 1. The first-order chi connectivity index (χ1) is 7.85. The summed E-state index contributed by atoms with van der Waals surface area (Å²) in [6, 6.07) is 8.57. The molecule has 0 atom stereocenters. The lowest BCUT2D eigenvalue weighted by molar-refractivity contribution is 0.411. The summed E-state index contributed by atoms with van der Waals surface area (Å²) in [6.07, 6.45) is 1.05. The molecule has 0 unspecified atom stereocenters. The van der Waals surface area contributed by atoms with Gasteiger partial charge in [0.1, 0.15) is 5.82 Å². The second-order valence-electron chi connectivity index (χ2n) is 5.95. The van der Waals surface area contributed by atoms with Gasteiger partial charge in [-0.05, 0) is 42.0 Å². The predicted molar refractivity (Wildman–Crippen MR) is 74.1 cm³/mol. The van der Waals surface area contributed by atoms with E-state index in [0.29, 0.717) is 11.2 Å². The Labute approximate surface area is 103 Å². The van der Waals surface area contributed by atoms with Crippen LogP contribution in [0.2, 0.25) is 0 Å². The fourth-order valence-electron chi connectivity index (χ4n) is 2.06. The summed E-state index contributed by atoms with van der Waals surface area (Å²) in [4.78, 5) is 4.44. The SMILES string of the molecule is Cc1cc2ccc(CC(C)(C)C)cc2nc1N. The smallest absolute Gasteiger partial charge is 0.127 e. The number of anilines is 1. The zero-order valence-corrected chi connectivity index (χ0v) is 11.0. The number of aryl methyl sites for hydroxylation is 1. The predicted octanol–water partition coefficient (Wildman–Crippen LogP) is 3.71. The van der Waals surface area contributed by atoms with Crippen molar-refractivity contribution in [1.29, 1.82) is 0 Å². The lowest BCUT2D eigenvalue weighted by Crippen LogP contribution is -2.09. The highest BCUT2D eigenvalue weighted by atomic mass is 14.8. The van der Waals surface area contributed by atoms with Gasteiger partial charge in [-0.1, -0.05) is 32.9 Å². The van der Waals surface area contributed by atoms with Crippen molar-refractivity contribution >= 4 is 16.7 Å². The van der Waals surface area contributed by atoms with E-state index in [-0.39, 0.29) is 0 Å². The fourth-order valence-corrected chi connectivity index (χ4v) is 2.06. The summed E-state index contributed by atoms with van der Waals surface area (Å²) in [5.41, 5.74) is 9.51. The number of hydrogen-bond acceptors (Lipinski definition) is 2. The lowest BCUT2D eigenvalue weighted by Gasteiger charge is -2.18. The molecule has 1 aromatic carbocycles. The van der Waals surface area contributed by atoms with Gasteiger partial charge in [0, 0.05) is 5.39 Å². The van der Waals surface area contributed by atoms with Crippen LogP contribution in [-0.4, -0.2) is 4.98 Å². The topological polar surface area (TPSA) is 38.9 Å². The molecular weight excluding hydrogens is 208 g/mol. The number of nitrogens with zero attached hydrogens (tertiary/aromatic N) is 1. The summed E-state index contributed by atoms with van der Waals surface area (Å²) in [7, 11) is 0. The Kier molecular flexibility index (Phi) is 2.82. The van der Waals surface area contributed by atoms with Crippen LogP contribution in [-0.2, 0) is 6.42 Å². The zero-order valence-electron chi connectivity index (χ0n) is 11.0. The number of hydrogen-bond donors (Lipinski definition) is 1. The van der Waals surface area contributed by atoms with Gasteiger partial charge in [0.2, 0.25) is 0 Å². The molecule has 90 valence electrons. The van der Waals surface area contributed by atoms with E-state index in [9.17, 15) is 0 Å². The first kappa shape index (κ1) is 11.9. The van der Waals surface area contributed by atoms with Crippen molar-refractivity contribution in [2.24, 2.45) is 5.41 Å². The summed E-state index contributed by atoms with van der Waals surface area (Å²) < 4.78 is 0. The molecule has 2 aromatic rings. The number of pyridine rings is 1. The van der Waals surface area contributed by atoms with Crippen LogP contribution in [0.1, 0.15) is 31.9 Å². The van der Waals surface area contributed by atoms with Crippen molar-refractivity contribution < 1.29 is 0 Å². The monoisotopic (exact) mass is 228 g/mol. The van der Waals surface area contributed by atoms with E-state index in [1.165, 1.54) is 5.56 Å². The highest BCUT2D eigenvalue weighted by Crippen LogP contribution is 2.24. The second kappa shape index (κ2) is 4.02.